The Hall–Kier alpha value is -3.09. The van der Waals surface area contributed by atoms with Crippen molar-refractivity contribution in [3.8, 4) is 11.1 Å². The molecule has 8 heteroatoms. The molecule has 2 N–H and O–H groups in total. The Bertz CT molecular complexity index is 1210. The molecule has 202 valence electrons. The molecule has 0 amide bonds. The Kier molecular flexibility index (Phi) is 11.0. The number of hydrogen-bond acceptors (Lipinski definition) is 6. The number of aliphatic carboxylic acids is 1. The first-order chi connectivity index (χ1) is 18.3. The highest BCUT2D eigenvalue weighted by atomic mass is 31.2. The molecule has 0 heterocycles. The van der Waals surface area contributed by atoms with Gasteiger partial charge in [-0.2, -0.15) is 0 Å². The van der Waals surface area contributed by atoms with Crippen LogP contribution in [0.5, 0.6) is 0 Å². The van der Waals surface area contributed by atoms with E-state index in [2.05, 4.69) is 5.32 Å². The molecule has 0 bridgehead atoms. The van der Waals surface area contributed by atoms with E-state index in [-0.39, 0.29) is 25.2 Å². The van der Waals surface area contributed by atoms with Gasteiger partial charge >= 0.3 is 13.6 Å². The minimum absolute atomic E-state index is 0.111. The van der Waals surface area contributed by atoms with Crippen molar-refractivity contribution in [1.29, 1.82) is 0 Å². The van der Waals surface area contributed by atoms with Crippen LogP contribution in [0, 0.1) is 5.92 Å². The van der Waals surface area contributed by atoms with E-state index in [1.807, 2.05) is 60.7 Å². The number of carboxylic acid groups (broad SMARTS) is 1. The third kappa shape index (κ3) is 8.20. The summed E-state index contributed by atoms with van der Waals surface area (Å²) in [6.07, 6.45) is 0.185. The quantitative estimate of drug-likeness (QED) is 0.224. The maximum atomic E-state index is 14.1. The summed E-state index contributed by atoms with van der Waals surface area (Å²) in [5.41, 5.74) is 3.66. The van der Waals surface area contributed by atoms with Crippen LogP contribution in [0.4, 0.5) is 0 Å². The fraction of sp³-hybridized carbons (Fsp3) is 0.333. The summed E-state index contributed by atoms with van der Waals surface area (Å²) in [4.78, 5) is 25.7. The Morgan fingerprint density at radius 2 is 1.37 bits per heavy atom. The molecule has 7 nitrogen and oxygen atoms in total. The molecule has 0 aliphatic carbocycles. The van der Waals surface area contributed by atoms with Crippen LogP contribution in [0.1, 0.15) is 37.9 Å². The Morgan fingerprint density at radius 1 is 0.842 bits per heavy atom. The van der Waals surface area contributed by atoms with Gasteiger partial charge in [0.15, 0.2) is 5.78 Å². The third-order valence-electron chi connectivity index (χ3n) is 6.25. The van der Waals surface area contributed by atoms with Gasteiger partial charge in [-0.05, 0) is 49.4 Å². The number of benzene rings is 3. The minimum atomic E-state index is -3.57. The molecule has 0 aliphatic heterocycles. The van der Waals surface area contributed by atoms with E-state index >= 15 is 0 Å². The predicted octanol–water partition coefficient (Wildman–Crippen LogP) is 6.15. The average Bonchev–Trinajstić information content (AvgIpc) is 2.92. The van der Waals surface area contributed by atoms with E-state index in [1.54, 1.807) is 38.1 Å². The summed E-state index contributed by atoms with van der Waals surface area (Å²) in [6, 6.07) is 25.0. The molecular weight excluding hydrogens is 501 g/mol. The lowest BCUT2D eigenvalue weighted by atomic mass is 9.88. The number of rotatable bonds is 15. The summed E-state index contributed by atoms with van der Waals surface area (Å²) in [7, 11) is -3.57. The molecule has 0 aliphatic rings. The van der Waals surface area contributed by atoms with Gasteiger partial charge in [0.1, 0.15) is 6.04 Å². The number of carbonyl (C=O) groups is 2. The Labute approximate surface area is 224 Å². The van der Waals surface area contributed by atoms with Crippen molar-refractivity contribution >= 4 is 19.3 Å². The van der Waals surface area contributed by atoms with Crippen LogP contribution >= 0.6 is 7.60 Å². The van der Waals surface area contributed by atoms with Gasteiger partial charge < -0.3 is 14.2 Å². The SMILES string of the molecule is CCOP(=O)(C[C@@H](Cc1ccc(-c2ccccc2)cc1)C(=O)C(NC(C)C(=O)O)c1ccccc1)OCC. The van der Waals surface area contributed by atoms with Crippen LogP contribution in [-0.2, 0) is 29.6 Å². The molecule has 0 fully saturated rings. The van der Waals surface area contributed by atoms with Crippen molar-refractivity contribution in [1.82, 2.24) is 5.32 Å². The Balaban J connectivity index is 1.96. The highest BCUT2D eigenvalue weighted by molar-refractivity contribution is 7.53. The highest BCUT2D eigenvalue weighted by Gasteiger charge is 2.37. The summed E-state index contributed by atoms with van der Waals surface area (Å²) in [5.74, 6) is -2.09. The van der Waals surface area contributed by atoms with Gasteiger partial charge in [0.2, 0.25) is 0 Å². The first kappa shape index (κ1) is 29.5. The van der Waals surface area contributed by atoms with E-state index in [0.717, 1.165) is 16.7 Å². The number of ketones is 1. The molecule has 0 saturated heterocycles. The van der Waals surface area contributed by atoms with E-state index in [4.69, 9.17) is 9.05 Å². The zero-order valence-electron chi connectivity index (χ0n) is 22.1. The van der Waals surface area contributed by atoms with E-state index in [0.29, 0.717) is 12.0 Å². The summed E-state index contributed by atoms with van der Waals surface area (Å²) >= 11 is 0. The maximum Gasteiger partial charge on any atom is 0.331 e. The average molecular weight is 538 g/mol. The summed E-state index contributed by atoms with van der Waals surface area (Å²) < 4.78 is 24.6. The molecule has 38 heavy (non-hydrogen) atoms. The number of Topliss-reactive ketones (excluding diaryl/α,β-unsaturated/α-hetero) is 1. The van der Waals surface area contributed by atoms with Crippen molar-refractivity contribution in [2.24, 2.45) is 5.92 Å². The van der Waals surface area contributed by atoms with Gasteiger partial charge in [0.25, 0.3) is 0 Å². The number of carboxylic acids is 1. The van der Waals surface area contributed by atoms with Crippen molar-refractivity contribution in [2.45, 2.75) is 39.3 Å². The normalized spacial score (nSPS) is 14.0. The van der Waals surface area contributed by atoms with Crippen molar-refractivity contribution < 1.29 is 28.3 Å². The molecule has 3 atom stereocenters. The fourth-order valence-electron chi connectivity index (χ4n) is 4.35. The molecule has 3 aromatic carbocycles. The molecular formula is C30H36NO6P. The van der Waals surface area contributed by atoms with Crippen LogP contribution < -0.4 is 5.32 Å². The molecule has 0 radical (unpaired) electrons. The van der Waals surface area contributed by atoms with E-state index < -0.39 is 31.6 Å². The first-order valence-corrected chi connectivity index (χ1v) is 14.6. The van der Waals surface area contributed by atoms with Crippen LogP contribution in [0.15, 0.2) is 84.9 Å². The van der Waals surface area contributed by atoms with Crippen LogP contribution in [0.2, 0.25) is 0 Å². The zero-order valence-corrected chi connectivity index (χ0v) is 23.0. The minimum Gasteiger partial charge on any atom is -0.480 e. The second-order valence-electron chi connectivity index (χ2n) is 9.07. The van der Waals surface area contributed by atoms with Crippen molar-refractivity contribution in [3.05, 3.63) is 96.1 Å². The summed E-state index contributed by atoms with van der Waals surface area (Å²) in [6.45, 7) is 5.32. The van der Waals surface area contributed by atoms with Gasteiger partial charge in [-0.3, -0.25) is 19.5 Å². The maximum absolute atomic E-state index is 14.1. The number of carbonyl (C=O) groups excluding carboxylic acids is 1. The molecule has 3 aromatic rings. The van der Waals surface area contributed by atoms with Gasteiger partial charge in [0, 0.05) is 5.92 Å². The molecule has 3 rings (SSSR count). The van der Waals surface area contributed by atoms with Gasteiger partial charge in [0.05, 0.1) is 25.4 Å². The molecule has 0 saturated carbocycles. The molecule has 2 unspecified atom stereocenters. The molecule has 0 aromatic heterocycles. The second-order valence-corrected chi connectivity index (χ2v) is 11.2. The fourth-order valence-corrected chi connectivity index (χ4v) is 6.28. The van der Waals surface area contributed by atoms with Crippen LogP contribution in [0.25, 0.3) is 11.1 Å². The van der Waals surface area contributed by atoms with E-state index in [9.17, 15) is 19.3 Å². The molecule has 0 spiro atoms. The monoisotopic (exact) mass is 537 g/mol. The van der Waals surface area contributed by atoms with Crippen molar-refractivity contribution in [3.63, 3.8) is 0 Å². The van der Waals surface area contributed by atoms with Gasteiger partial charge in [-0.15, -0.1) is 0 Å². The zero-order chi connectivity index (χ0) is 27.5. The smallest absolute Gasteiger partial charge is 0.331 e. The van der Waals surface area contributed by atoms with Gasteiger partial charge in [-0.1, -0.05) is 84.9 Å². The number of hydrogen-bond donors (Lipinski definition) is 2. The predicted molar refractivity (Wildman–Crippen MR) is 149 cm³/mol. The third-order valence-corrected chi connectivity index (χ3v) is 8.44. The first-order valence-electron chi connectivity index (χ1n) is 12.9. The lowest BCUT2D eigenvalue weighted by Crippen LogP contribution is -2.43. The lowest BCUT2D eigenvalue weighted by Gasteiger charge is -2.28. The van der Waals surface area contributed by atoms with Crippen LogP contribution in [-0.4, -0.2) is 42.3 Å². The lowest BCUT2D eigenvalue weighted by molar-refractivity contribution is -0.139. The largest absolute Gasteiger partial charge is 0.480 e. The van der Waals surface area contributed by atoms with Crippen molar-refractivity contribution in [2.75, 3.05) is 19.4 Å². The van der Waals surface area contributed by atoms with E-state index in [1.165, 1.54) is 6.92 Å². The topological polar surface area (TPSA) is 102 Å². The Morgan fingerprint density at radius 3 is 1.89 bits per heavy atom. The second kappa shape index (κ2) is 14.2. The number of nitrogens with one attached hydrogen (secondary N) is 1. The summed E-state index contributed by atoms with van der Waals surface area (Å²) in [5, 5.41) is 12.5. The van der Waals surface area contributed by atoms with Gasteiger partial charge in [-0.25, -0.2) is 0 Å². The standard InChI is InChI=1S/C30H36NO6P/c1-4-36-38(35,37-5-2)21-27(20-23-16-18-25(19-17-23)24-12-8-6-9-13-24)29(32)28(31-22(3)30(33)34)26-14-10-7-11-15-26/h6-19,22,27-28,31H,4-5,20-21H2,1-3H3,(H,33,34)/t22?,27-,28?/m1/s1. The van der Waals surface area contributed by atoms with Crippen LogP contribution in [0.3, 0.4) is 0 Å². The highest BCUT2D eigenvalue weighted by Crippen LogP contribution is 2.50.